The Morgan fingerprint density at radius 1 is 1.15 bits per heavy atom. The second kappa shape index (κ2) is 5.92. The van der Waals surface area contributed by atoms with E-state index in [1.807, 2.05) is 0 Å². The first kappa shape index (κ1) is 13.7. The fourth-order valence-corrected chi connectivity index (χ4v) is 1.66. The van der Waals surface area contributed by atoms with Crippen LogP contribution < -0.4 is 10.9 Å². The number of amides is 1. The molecule has 6 heteroatoms. The minimum absolute atomic E-state index is 0.136. The van der Waals surface area contributed by atoms with Gasteiger partial charge in [-0.05, 0) is 25.1 Å². The zero-order chi connectivity index (χ0) is 14.5. The highest BCUT2D eigenvalue weighted by Gasteiger charge is 2.06. The topological polar surface area (TPSA) is 91.9 Å². The van der Waals surface area contributed by atoms with Crippen LogP contribution in [0, 0.1) is 0 Å². The molecule has 20 heavy (non-hydrogen) atoms. The van der Waals surface area contributed by atoms with Crippen molar-refractivity contribution in [3.8, 4) is 11.3 Å². The van der Waals surface area contributed by atoms with Gasteiger partial charge in [-0.3, -0.25) is 14.4 Å². The average Bonchev–Trinajstić information content (AvgIpc) is 2.39. The van der Waals surface area contributed by atoms with Crippen LogP contribution in [0.15, 0.2) is 41.2 Å². The van der Waals surface area contributed by atoms with Crippen molar-refractivity contribution in [1.29, 1.82) is 0 Å². The number of nitrogens with one attached hydrogen (secondary N) is 2. The van der Waals surface area contributed by atoms with E-state index in [0.717, 1.165) is 5.56 Å². The highest BCUT2D eigenvalue weighted by molar-refractivity contribution is 6.03. The summed E-state index contributed by atoms with van der Waals surface area (Å²) >= 11 is 0. The van der Waals surface area contributed by atoms with Gasteiger partial charge in [-0.1, -0.05) is 12.1 Å². The molecule has 2 aromatic rings. The van der Waals surface area contributed by atoms with E-state index < -0.39 is 0 Å². The minimum atomic E-state index is -0.340. The van der Waals surface area contributed by atoms with Gasteiger partial charge in [-0.15, -0.1) is 0 Å². The molecule has 0 spiro atoms. The van der Waals surface area contributed by atoms with Gasteiger partial charge in [0.25, 0.3) is 5.56 Å². The van der Waals surface area contributed by atoms with E-state index in [-0.39, 0.29) is 23.7 Å². The quantitative estimate of drug-likeness (QED) is 0.821. The van der Waals surface area contributed by atoms with Gasteiger partial charge in [0.1, 0.15) is 5.78 Å². The van der Waals surface area contributed by atoms with Crippen LogP contribution in [0.1, 0.15) is 13.3 Å². The molecule has 0 fully saturated rings. The number of hydrogen-bond donors (Lipinski definition) is 2. The third-order valence-corrected chi connectivity index (χ3v) is 2.55. The van der Waals surface area contributed by atoms with Crippen molar-refractivity contribution in [1.82, 2.24) is 10.2 Å². The molecular weight excluding hydrogens is 258 g/mol. The fraction of sp³-hybridized carbons (Fsp3) is 0.143. The molecule has 0 aliphatic carbocycles. The Labute approximate surface area is 114 Å². The number of anilines is 1. The van der Waals surface area contributed by atoms with E-state index in [4.69, 9.17) is 0 Å². The molecule has 0 aliphatic rings. The van der Waals surface area contributed by atoms with Crippen molar-refractivity contribution in [2.24, 2.45) is 0 Å². The lowest BCUT2D eigenvalue weighted by Crippen LogP contribution is -2.14. The number of hydrogen-bond acceptors (Lipinski definition) is 4. The third-order valence-electron chi connectivity index (χ3n) is 2.55. The molecule has 0 unspecified atom stereocenters. The Balaban J connectivity index is 2.10. The summed E-state index contributed by atoms with van der Waals surface area (Å²) < 4.78 is 0. The normalized spacial score (nSPS) is 10.1. The van der Waals surface area contributed by atoms with Gasteiger partial charge < -0.3 is 5.32 Å². The number of nitrogens with zero attached hydrogens (tertiary/aromatic N) is 1. The molecular formula is C14H13N3O3. The first-order valence-corrected chi connectivity index (χ1v) is 6.00. The summed E-state index contributed by atoms with van der Waals surface area (Å²) in [5, 5.41) is 8.89. The number of carbonyl (C=O) groups is 2. The molecule has 2 N–H and O–H groups in total. The number of H-pyrrole nitrogens is 1. The lowest BCUT2D eigenvalue weighted by atomic mass is 10.1. The van der Waals surface area contributed by atoms with Crippen molar-refractivity contribution >= 4 is 17.4 Å². The summed E-state index contributed by atoms with van der Waals surface area (Å²) in [5.74, 6) is -0.524. The predicted octanol–water partition coefficient (Wildman–Crippen LogP) is 1.35. The molecule has 2 rings (SSSR count). The largest absolute Gasteiger partial charge is 0.326 e. The van der Waals surface area contributed by atoms with Crippen molar-refractivity contribution in [3.05, 3.63) is 46.8 Å². The second-order valence-corrected chi connectivity index (χ2v) is 4.31. The summed E-state index contributed by atoms with van der Waals surface area (Å²) in [6, 6.07) is 9.96. The number of benzene rings is 1. The Hall–Kier alpha value is -2.76. The minimum Gasteiger partial charge on any atom is -0.326 e. The maximum Gasteiger partial charge on any atom is 0.264 e. The summed E-state index contributed by atoms with van der Waals surface area (Å²) in [4.78, 5) is 33.2. The third kappa shape index (κ3) is 3.61. The van der Waals surface area contributed by atoms with E-state index in [2.05, 4.69) is 15.5 Å². The maximum atomic E-state index is 11.4. The maximum absolute atomic E-state index is 11.4. The van der Waals surface area contributed by atoms with E-state index in [1.165, 1.54) is 13.0 Å². The van der Waals surface area contributed by atoms with Crippen LogP contribution in [0.3, 0.4) is 0 Å². The zero-order valence-electron chi connectivity index (χ0n) is 10.8. The Bertz CT molecular complexity index is 669. The molecule has 1 heterocycles. The standard InChI is InChI=1S/C14H13N3O3/c1-9(18)8-14(20)15-11-4-2-10(3-5-11)12-6-7-13(19)17-16-12/h2-7H,8H2,1H3,(H,15,20)(H,17,19). The number of Topliss-reactive ketones (excluding diaryl/α,β-unsaturated/α-hetero) is 1. The van der Waals surface area contributed by atoms with Crippen LogP contribution in [0.4, 0.5) is 5.69 Å². The molecule has 0 aliphatic heterocycles. The number of ketones is 1. The summed E-state index contributed by atoms with van der Waals surface area (Å²) in [6.07, 6.45) is -0.136. The van der Waals surface area contributed by atoms with Crippen LogP contribution in [-0.4, -0.2) is 21.9 Å². The molecule has 0 saturated heterocycles. The molecule has 102 valence electrons. The Morgan fingerprint density at radius 3 is 2.40 bits per heavy atom. The Morgan fingerprint density at radius 2 is 1.85 bits per heavy atom. The monoisotopic (exact) mass is 271 g/mol. The van der Waals surface area contributed by atoms with Gasteiger partial charge in [0.05, 0.1) is 12.1 Å². The fourth-order valence-electron chi connectivity index (χ4n) is 1.66. The predicted molar refractivity (Wildman–Crippen MR) is 74.2 cm³/mol. The van der Waals surface area contributed by atoms with Crippen molar-refractivity contribution < 1.29 is 9.59 Å². The first-order valence-electron chi connectivity index (χ1n) is 6.00. The van der Waals surface area contributed by atoms with Gasteiger partial charge in [0.2, 0.25) is 5.91 Å². The SMILES string of the molecule is CC(=O)CC(=O)Nc1ccc(-c2ccc(=O)[nH]n2)cc1. The second-order valence-electron chi connectivity index (χ2n) is 4.31. The molecule has 1 aromatic carbocycles. The summed E-state index contributed by atoms with van der Waals surface area (Å²) in [6.45, 7) is 1.37. The Kier molecular flexibility index (Phi) is 4.05. The van der Waals surface area contributed by atoms with Gasteiger partial charge in [0.15, 0.2) is 0 Å². The average molecular weight is 271 g/mol. The first-order chi connectivity index (χ1) is 9.54. The molecule has 0 saturated carbocycles. The van der Waals surface area contributed by atoms with E-state index in [9.17, 15) is 14.4 Å². The van der Waals surface area contributed by atoms with Crippen molar-refractivity contribution in [3.63, 3.8) is 0 Å². The smallest absolute Gasteiger partial charge is 0.264 e. The zero-order valence-corrected chi connectivity index (χ0v) is 10.8. The van der Waals surface area contributed by atoms with Gasteiger partial charge in [-0.25, -0.2) is 5.10 Å². The van der Waals surface area contributed by atoms with Crippen LogP contribution in [0.2, 0.25) is 0 Å². The molecule has 0 atom stereocenters. The van der Waals surface area contributed by atoms with Gasteiger partial charge in [-0.2, -0.15) is 5.10 Å². The molecule has 6 nitrogen and oxygen atoms in total. The number of rotatable bonds is 4. The van der Waals surface area contributed by atoms with Gasteiger partial charge >= 0.3 is 0 Å². The van der Waals surface area contributed by atoms with Gasteiger partial charge in [0, 0.05) is 17.3 Å². The molecule has 0 radical (unpaired) electrons. The van der Waals surface area contributed by atoms with E-state index >= 15 is 0 Å². The van der Waals surface area contributed by atoms with Crippen LogP contribution in [-0.2, 0) is 9.59 Å². The van der Waals surface area contributed by atoms with Crippen LogP contribution in [0.25, 0.3) is 11.3 Å². The highest BCUT2D eigenvalue weighted by atomic mass is 16.2. The van der Waals surface area contributed by atoms with Crippen molar-refractivity contribution in [2.45, 2.75) is 13.3 Å². The number of aromatic nitrogens is 2. The molecule has 1 amide bonds. The van der Waals surface area contributed by atoms with Crippen LogP contribution >= 0.6 is 0 Å². The highest BCUT2D eigenvalue weighted by Crippen LogP contribution is 2.18. The van der Waals surface area contributed by atoms with E-state index in [0.29, 0.717) is 11.4 Å². The summed E-state index contributed by atoms with van der Waals surface area (Å²) in [7, 11) is 0. The molecule has 0 bridgehead atoms. The molecule has 1 aromatic heterocycles. The lowest BCUT2D eigenvalue weighted by molar-refractivity contribution is -0.124. The lowest BCUT2D eigenvalue weighted by Gasteiger charge is -2.05. The number of aromatic amines is 1. The van der Waals surface area contributed by atoms with Crippen LogP contribution in [0.5, 0.6) is 0 Å². The van der Waals surface area contributed by atoms with Crippen molar-refractivity contribution in [2.75, 3.05) is 5.32 Å². The number of carbonyl (C=O) groups excluding carboxylic acids is 2. The summed E-state index contributed by atoms with van der Waals surface area (Å²) in [5.41, 5.74) is 1.78. The van der Waals surface area contributed by atoms with E-state index in [1.54, 1.807) is 30.3 Å².